The summed E-state index contributed by atoms with van der Waals surface area (Å²) in [7, 11) is -3.91. The van der Waals surface area contributed by atoms with Gasteiger partial charge in [0.1, 0.15) is 11.2 Å². The largest absolute Gasteiger partial charge is 0.276 e. The van der Waals surface area contributed by atoms with Gasteiger partial charge in [-0.3, -0.25) is 4.72 Å². The lowest BCUT2D eigenvalue weighted by molar-refractivity contribution is 0.600. The minimum absolute atomic E-state index is 0.0651. The van der Waals surface area contributed by atoms with Crippen molar-refractivity contribution in [2.75, 3.05) is 4.72 Å². The van der Waals surface area contributed by atoms with Crippen molar-refractivity contribution >= 4 is 27.3 Å². The van der Waals surface area contributed by atoms with Crippen LogP contribution in [0.3, 0.4) is 0 Å². The number of sulfonamides is 1. The molecular formula is C20H16ClN5O2S. The van der Waals surface area contributed by atoms with Crippen LogP contribution in [0.25, 0.3) is 16.9 Å². The van der Waals surface area contributed by atoms with Crippen LogP contribution in [0.1, 0.15) is 5.69 Å². The van der Waals surface area contributed by atoms with Crippen molar-refractivity contribution in [2.45, 2.75) is 11.8 Å². The van der Waals surface area contributed by atoms with Crippen molar-refractivity contribution < 1.29 is 8.42 Å². The summed E-state index contributed by atoms with van der Waals surface area (Å²) in [5.41, 5.74) is 2.74. The molecule has 4 rings (SSSR count). The number of nitrogens with zero attached hydrogens (tertiary/aromatic N) is 4. The van der Waals surface area contributed by atoms with Crippen LogP contribution in [0.4, 0.5) is 5.69 Å². The van der Waals surface area contributed by atoms with Gasteiger partial charge in [-0.2, -0.15) is 5.10 Å². The molecule has 0 aliphatic carbocycles. The van der Waals surface area contributed by atoms with E-state index in [0.717, 1.165) is 5.56 Å². The van der Waals surface area contributed by atoms with Gasteiger partial charge in [0.2, 0.25) is 0 Å². The lowest BCUT2D eigenvalue weighted by Gasteiger charge is -2.11. The van der Waals surface area contributed by atoms with Crippen LogP contribution in [0.5, 0.6) is 0 Å². The molecule has 0 unspecified atom stereocenters. The van der Waals surface area contributed by atoms with E-state index in [-0.39, 0.29) is 10.6 Å². The van der Waals surface area contributed by atoms with Gasteiger partial charge >= 0.3 is 0 Å². The topological polar surface area (TPSA) is 89.8 Å². The third-order valence-electron chi connectivity index (χ3n) is 4.33. The second-order valence-corrected chi connectivity index (χ2v) is 8.33. The molecular weight excluding hydrogens is 410 g/mol. The number of rotatable bonds is 5. The van der Waals surface area contributed by atoms with E-state index in [0.29, 0.717) is 22.1 Å². The summed E-state index contributed by atoms with van der Waals surface area (Å²) >= 11 is 5.92. The molecule has 0 aliphatic heterocycles. The third-order valence-corrected chi connectivity index (χ3v) is 6.05. The highest BCUT2D eigenvalue weighted by Gasteiger charge is 2.23. The molecule has 0 fully saturated rings. The van der Waals surface area contributed by atoms with Crippen LogP contribution in [0, 0.1) is 6.92 Å². The molecule has 0 saturated heterocycles. The van der Waals surface area contributed by atoms with Gasteiger partial charge in [-0.1, -0.05) is 41.9 Å². The molecule has 0 radical (unpaired) electrons. The Morgan fingerprint density at radius 2 is 1.72 bits per heavy atom. The Morgan fingerprint density at radius 1 is 1.00 bits per heavy atom. The molecule has 1 N–H and O–H groups in total. The first kappa shape index (κ1) is 19.1. The molecule has 2 heterocycles. The highest BCUT2D eigenvalue weighted by atomic mass is 35.5. The maximum atomic E-state index is 13.1. The minimum Gasteiger partial charge on any atom is -0.276 e. The molecule has 7 nitrogen and oxygen atoms in total. The zero-order chi connectivity index (χ0) is 20.4. The molecule has 29 heavy (non-hydrogen) atoms. The average molecular weight is 426 g/mol. The molecule has 9 heteroatoms. The smallest absolute Gasteiger partial charge is 0.265 e. The molecule has 0 amide bonds. The molecule has 146 valence electrons. The van der Waals surface area contributed by atoms with E-state index >= 15 is 0 Å². The Balaban J connectivity index is 1.70. The number of benzene rings is 2. The van der Waals surface area contributed by atoms with E-state index in [4.69, 9.17) is 11.6 Å². The van der Waals surface area contributed by atoms with Crippen LogP contribution >= 0.6 is 11.6 Å². The molecule has 0 bridgehead atoms. The van der Waals surface area contributed by atoms with Crippen molar-refractivity contribution in [3.63, 3.8) is 0 Å². The molecule has 0 spiro atoms. The van der Waals surface area contributed by atoms with Crippen molar-refractivity contribution in [3.8, 4) is 16.9 Å². The summed E-state index contributed by atoms with van der Waals surface area (Å²) in [6.07, 6.45) is 4.13. The Kier molecular flexibility index (Phi) is 5.04. The maximum absolute atomic E-state index is 13.1. The Hall–Kier alpha value is -3.23. The standard InChI is InChI=1S/C20H16ClN5O2S/c1-14-19(12-24-26(14)17-9-7-16(21)8-10-17)29(27,28)25-18-11-22-13-23-20(18)15-5-3-2-4-6-15/h2-13,25H,1H3. The normalized spacial score (nSPS) is 11.4. The van der Waals surface area contributed by atoms with E-state index in [1.54, 1.807) is 35.9 Å². The summed E-state index contributed by atoms with van der Waals surface area (Å²) in [5, 5.41) is 4.82. The third kappa shape index (κ3) is 3.85. The summed E-state index contributed by atoms with van der Waals surface area (Å²) < 4.78 is 30.3. The van der Waals surface area contributed by atoms with Crippen LogP contribution < -0.4 is 4.72 Å². The van der Waals surface area contributed by atoms with Gasteiger partial charge in [-0.05, 0) is 31.2 Å². The molecule has 0 aliphatic rings. The Labute approximate surface area is 173 Å². The maximum Gasteiger partial charge on any atom is 0.265 e. The first-order valence-corrected chi connectivity index (χ1v) is 10.5. The second kappa shape index (κ2) is 7.65. The predicted octanol–water partition coefficient (Wildman–Crippen LogP) is 4.09. The van der Waals surface area contributed by atoms with Gasteiger partial charge in [-0.15, -0.1) is 0 Å². The molecule has 4 aromatic rings. The highest BCUT2D eigenvalue weighted by Crippen LogP contribution is 2.28. The quantitative estimate of drug-likeness (QED) is 0.520. The molecule has 0 saturated carbocycles. The van der Waals surface area contributed by atoms with E-state index in [2.05, 4.69) is 19.8 Å². The van der Waals surface area contributed by atoms with E-state index in [9.17, 15) is 8.42 Å². The van der Waals surface area contributed by atoms with E-state index in [1.165, 1.54) is 18.7 Å². The van der Waals surface area contributed by atoms with Crippen LogP contribution in [-0.2, 0) is 10.0 Å². The number of hydrogen-bond donors (Lipinski definition) is 1. The first-order chi connectivity index (χ1) is 14.0. The Morgan fingerprint density at radius 3 is 2.45 bits per heavy atom. The molecule has 2 aromatic carbocycles. The predicted molar refractivity (Wildman–Crippen MR) is 112 cm³/mol. The zero-order valence-electron chi connectivity index (χ0n) is 15.3. The van der Waals surface area contributed by atoms with E-state index < -0.39 is 10.0 Å². The molecule has 0 atom stereocenters. The number of hydrogen-bond acceptors (Lipinski definition) is 5. The van der Waals surface area contributed by atoms with Gasteiger partial charge in [-0.25, -0.2) is 23.1 Å². The highest BCUT2D eigenvalue weighted by molar-refractivity contribution is 7.92. The van der Waals surface area contributed by atoms with Gasteiger partial charge < -0.3 is 0 Å². The summed E-state index contributed by atoms with van der Waals surface area (Å²) in [5.74, 6) is 0. The summed E-state index contributed by atoms with van der Waals surface area (Å²) in [4.78, 5) is 8.26. The van der Waals surface area contributed by atoms with Crippen LogP contribution in [-0.4, -0.2) is 28.2 Å². The van der Waals surface area contributed by atoms with Crippen molar-refractivity contribution in [1.82, 2.24) is 19.7 Å². The second-order valence-electron chi connectivity index (χ2n) is 6.24. The SMILES string of the molecule is Cc1c(S(=O)(=O)Nc2cncnc2-c2ccccc2)cnn1-c1ccc(Cl)cc1. The summed E-state index contributed by atoms with van der Waals surface area (Å²) in [6, 6.07) is 16.3. The molecule has 2 aromatic heterocycles. The van der Waals surface area contributed by atoms with Gasteiger partial charge in [0.15, 0.2) is 0 Å². The Bertz CT molecular complexity index is 1260. The van der Waals surface area contributed by atoms with Crippen LogP contribution in [0.2, 0.25) is 5.02 Å². The minimum atomic E-state index is -3.91. The number of nitrogens with one attached hydrogen (secondary N) is 1. The summed E-state index contributed by atoms with van der Waals surface area (Å²) in [6.45, 7) is 1.69. The van der Waals surface area contributed by atoms with E-state index in [1.807, 2.05) is 30.3 Å². The van der Waals surface area contributed by atoms with Crippen molar-refractivity contribution in [1.29, 1.82) is 0 Å². The monoisotopic (exact) mass is 425 g/mol. The fourth-order valence-electron chi connectivity index (χ4n) is 2.93. The van der Waals surface area contributed by atoms with Gasteiger partial charge in [0.25, 0.3) is 10.0 Å². The van der Waals surface area contributed by atoms with Crippen LogP contribution in [0.15, 0.2) is 78.2 Å². The zero-order valence-corrected chi connectivity index (χ0v) is 16.9. The lowest BCUT2D eigenvalue weighted by atomic mass is 10.1. The van der Waals surface area contributed by atoms with Gasteiger partial charge in [0, 0.05) is 10.6 Å². The van der Waals surface area contributed by atoms with Crippen molar-refractivity contribution in [3.05, 3.63) is 84.0 Å². The lowest BCUT2D eigenvalue weighted by Crippen LogP contribution is -2.15. The number of anilines is 1. The van der Waals surface area contributed by atoms with Gasteiger partial charge in [0.05, 0.1) is 35.2 Å². The number of halogens is 1. The van der Waals surface area contributed by atoms with Crippen molar-refractivity contribution in [2.24, 2.45) is 0 Å². The number of aromatic nitrogens is 4. The fourth-order valence-corrected chi connectivity index (χ4v) is 4.27. The average Bonchev–Trinajstić information content (AvgIpc) is 3.12. The first-order valence-electron chi connectivity index (χ1n) is 8.64. The fraction of sp³-hybridized carbons (Fsp3) is 0.0500.